The van der Waals surface area contributed by atoms with Gasteiger partial charge in [-0.3, -0.25) is 0 Å². The zero-order valence-electron chi connectivity index (χ0n) is 8.66. The molecule has 4 heteroatoms. The minimum absolute atomic E-state index is 0.514. The SMILES string of the molecule is Cc1ccccc1-c1c(Br)nc(N)n1C. The zero-order chi connectivity index (χ0) is 11.0. The van der Waals surface area contributed by atoms with Crippen molar-refractivity contribution in [3.05, 3.63) is 34.4 Å². The highest BCUT2D eigenvalue weighted by molar-refractivity contribution is 9.10. The molecule has 15 heavy (non-hydrogen) atoms. The fourth-order valence-electron chi connectivity index (χ4n) is 1.61. The summed E-state index contributed by atoms with van der Waals surface area (Å²) < 4.78 is 2.67. The van der Waals surface area contributed by atoms with Crippen molar-refractivity contribution in [1.82, 2.24) is 9.55 Å². The minimum Gasteiger partial charge on any atom is -0.369 e. The average molecular weight is 266 g/mol. The van der Waals surface area contributed by atoms with Gasteiger partial charge in [-0.2, -0.15) is 0 Å². The van der Waals surface area contributed by atoms with Gasteiger partial charge in [0.25, 0.3) is 0 Å². The second kappa shape index (κ2) is 3.70. The van der Waals surface area contributed by atoms with Crippen molar-refractivity contribution in [3.8, 4) is 11.3 Å². The summed E-state index contributed by atoms with van der Waals surface area (Å²) in [5, 5.41) is 0. The molecule has 0 aliphatic carbocycles. The quantitative estimate of drug-likeness (QED) is 0.862. The number of nitrogens with two attached hydrogens (primary N) is 1. The van der Waals surface area contributed by atoms with Gasteiger partial charge in [0.05, 0.1) is 5.69 Å². The Kier molecular flexibility index (Phi) is 2.52. The van der Waals surface area contributed by atoms with Crippen LogP contribution in [0.4, 0.5) is 5.95 Å². The second-order valence-corrected chi connectivity index (χ2v) is 4.23. The lowest BCUT2D eigenvalue weighted by molar-refractivity contribution is 0.937. The van der Waals surface area contributed by atoms with Gasteiger partial charge >= 0.3 is 0 Å². The summed E-state index contributed by atoms with van der Waals surface area (Å²) in [6, 6.07) is 8.17. The molecule has 0 spiro atoms. The summed E-state index contributed by atoms with van der Waals surface area (Å²) in [6.07, 6.45) is 0. The highest BCUT2D eigenvalue weighted by Crippen LogP contribution is 2.31. The van der Waals surface area contributed by atoms with Crippen LogP contribution in [0.2, 0.25) is 0 Å². The van der Waals surface area contributed by atoms with Crippen LogP contribution in [0, 0.1) is 6.92 Å². The van der Waals surface area contributed by atoms with E-state index in [-0.39, 0.29) is 0 Å². The van der Waals surface area contributed by atoms with Gasteiger partial charge < -0.3 is 10.3 Å². The van der Waals surface area contributed by atoms with Gasteiger partial charge in [0.15, 0.2) is 0 Å². The maximum atomic E-state index is 5.75. The predicted molar refractivity (Wildman–Crippen MR) is 65.5 cm³/mol. The number of aryl methyl sites for hydroxylation is 1. The molecule has 1 aromatic heterocycles. The standard InChI is InChI=1S/C11H12BrN3/c1-7-5-3-4-6-8(7)9-10(12)14-11(13)15(9)2/h3-6H,1-2H3,(H2,13,14). The number of anilines is 1. The fraction of sp³-hybridized carbons (Fsp3) is 0.182. The third kappa shape index (κ3) is 1.65. The molecule has 0 saturated carbocycles. The number of benzene rings is 1. The predicted octanol–water partition coefficient (Wildman–Crippen LogP) is 2.74. The molecule has 78 valence electrons. The van der Waals surface area contributed by atoms with E-state index in [1.54, 1.807) is 0 Å². The fourth-order valence-corrected chi connectivity index (χ4v) is 2.27. The van der Waals surface area contributed by atoms with E-state index in [9.17, 15) is 0 Å². The van der Waals surface area contributed by atoms with Crippen LogP contribution in [0.1, 0.15) is 5.56 Å². The van der Waals surface area contributed by atoms with E-state index in [1.807, 2.05) is 23.7 Å². The summed E-state index contributed by atoms with van der Waals surface area (Å²) in [5.41, 5.74) is 9.13. The number of rotatable bonds is 1. The lowest BCUT2D eigenvalue weighted by Crippen LogP contribution is -1.99. The monoisotopic (exact) mass is 265 g/mol. The molecule has 0 saturated heterocycles. The molecule has 0 unspecified atom stereocenters. The number of nitrogen functional groups attached to an aromatic ring is 1. The molecular formula is C11H12BrN3. The van der Waals surface area contributed by atoms with Crippen LogP contribution >= 0.6 is 15.9 Å². The first-order valence-electron chi connectivity index (χ1n) is 4.65. The Morgan fingerprint density at radius 1 is 1.33 bits per heavy atom. The molecule has 2 N–H and O–H groups in total. The maximum absolute atomic E-state index is 5.75. The highest BCUT2D eigenvalue weighted by Gasteiger charge is 2.13. The molecular weight excluding hydrogens is 254 g/mol. The Morgan fingerprint density at radius 3 is 2.53 bits per heavy atom. The Morgan fingerprint density at radius 2 is 2.00 bits per heavy atom. The van der Waals surface area contributed by atoms with Gasteiger partial charge in [-0.05, 0) is 28.4 Å². The first-order valence-corrected chi connectivity index (χ1v) is 5.44. The number of nitrogens with zero attached hydrogens (tertiary/aromatic N) is 2. The van der Waals surface area contributed by atoms with Gasteiger partial charge in [0.2, 0.25) is 5.95 Å². The highest BCUT2D eigenvalue weighted by atomic mass is 79.9. The second-order valence-electron chi connectivity index (χ2n) is 3.48. The molecule has 0 bridgehead atoms. The van der Waals surface area contributed by atoms with E-state index < -0.39 is 0 Å². The van der Waals surface area contributed by atoms with E-state index in [0.29, 0.717) is 5.95 Å². The zero-order valence-corrected chi connectivity index (χ0v) is 10.2. The van der Waals surface area contributed by atoms with E-state index in [1.165, 1.54) is 5.56 Å². The topological polar surface area (TPSA) is 43.8 Å². The van der Waals surface area contributed by atoms with Crippen molar-refractivity contribution in [3.63, 3.8) is 0 Å². The van der Waals surface area contributed by atoms with Gasteiger partial charge in [-0.1, -0.05) is 24.3 Å². The Labute approximate surface area is 97.1 Å². The molecule has 2 aromatic rings. The lowest BCUT2D eigenvalue weighted by atomic mass is 10.1. The van der Waals surface area contributed by atoms with Crippen molar-refractivity contribution in [2.45, 2.75) is 6.92 Å². The van der Waals surface area contributed by atoms with Crippen molar-refractivity contribution < 1.29 is 0 Å². The first-order chi connectivity index (χ1) is 7.11. The number of halogens is 1. The van der Waals surface area contributed by atoms with E-state index in [2.05, 4.69) is 40.0 Å². The molecule has 3 nitrogen and oxygen atoms in total. The van der Waals surface area contributed by atoms with Crippen LogP contribution in [-0.4, -0.2) is 9.55 Å². The average Bonchev–Trinajstić information content (AvgIpc) is 2.43. The lowest BCUT2D eigenvalue weighted by Gasteiger charge is -2.07. The number of imidazole rings is 1. The van der Waals surface area contributed by atoms with Crippen LogP contribution in [0.25, 0.3) is 11.3 Å². The minimum atomic E-state index is 0.514. The van der Waals surface area contributed by atoms with Gasteiger partial charge in [0.1, 0.15) is 4.60 Å². The van der Waals surface area contributed by atoms with E-state index in [4.69, 9.17) is 5.73 Å². The van der Waals surface area contributed by atoms with Crippen molar-refractivity contribution in [2.75, 3.05) is 5.73 Å². The Bertz CT molecular complexity index is 503. The van der Waals surface area contributed by atoms with Crippen LogP contribution < -0.4 is 5.73 Å². The summed E-state index contributed by atoms with van der Waals surface area (Å²) in [4.78, 5) is 4.19. The number of hydrogen-bond donors (Lipinski definition) is 1. The summed E-state index contributed by atoms with van der Waals surface area (Å²) in [7, 11) is 1.91. The van der Waals surface area contributed by atoms with Crippen LogP contribution in [0.5, 0.6) is 0 Å². The summed E-state index contributed by atoms with van der Waals surface area (Å²) >= 11 is 3.43. The normalized spacial score (nSPS) is 10.6. The number of aromatic nitrogens is 2. The third-order valence-electron chi connectivity index (χ3n) is 2.49. The Hall–Kier alpha value is -1.29. The molecule has 0 radical (unpaired) electrons. The van der Waals surface area contributed by atoms with Crippen molar-refractivity contribution in [2.24, 2.45) is 7.05 Å². The van der Waals surface area contributed by atoms with E-state index in [0.717, 1.165) is 15.9 Å². The molecule has 1 heterocycles. The van der Waals surface area contributed by atoms with Crippen LogP contribution in [0.3, 0.4) is 0 Å². The van der Waals surface area contributed by atoms with Crippen LogP contribution in [0.15, 0.2) is 28.9 Å². The molecule has 0 amide bonds. The van der Waals surface area contributed by atoms with Crippen molar-refractivity contribution >= 4 is 21.9 Å². The van der Waals surface area contributed by atoms with Crippen molar-refractivity contribution in [1.29, 1.82) is 0 Å². The number of hydrogen-bond acceptors (Lipinski definition) is 2. The molecule has 0 fully saturated rings. The molecule has 2 rings (SSSR count). The third-order valence-corrected chi connectivity index (χ3v) is 3.04. The molecule has 1 aromatic carbocycles. The van der Waals surface area contributed by atoms with Crippen LogP contribution in [-0.2, 0) is 7.05 Å². The Balaban J connectivity index is 2.69. The van der Waals surface area contributed by atoms with Gasteiger partial charge in [0, 0.05) is 12.6 Å². The molecule has 0 aliphatic rings. The largest absolute Gasteiger partial charge is 0.369 e. The van der Waals surface area contributed by atoms with E-state index >= 15 is 0 Å². The van der Waals surface area contributed by atoms with Gasteiger partial charge in [-0.15, -0.1) is 0 Å². The smallest absolute Gasteiger partial charge is 0.201 e. The molecule has 0 atom stereocenters. The summed E-state index contributed by atoms with van der Waals surface area (Å²) in [6.45, 7) is 2.07. The first kappa shape index (κ1) is 10.2. The molecule has 0 aliphatic heterocycles. The van der Waals surface area contributed by atoms with Gasteiger partial charge in [-0.25, -0.2) is 4.98 Å². The maximum Gasteiger partial charge on any atom is 0.201 e. The summed E-state index contributed by atoms with van der Waals surface area (Å²) in [5.74, 6) is 0.514.